The molecular formula is C21H20F3N3O2S2. The number of carbonyl (C=O) groups is 1. The van der Waals surface area contributed by atoms with E-state index in [0.717, 1.165) is 58.5 Å². The van der Waals surface area contributed by atoms with Gasteiger partial charge in [0, 0.05) is 19.0 Å². The number of alkyl halides is 3. The number of carbonyl (C=O) groups excluding carboxylic acids is 1. The molecule has 10 heteroatoms. The minimum atomic E-state index is -4.64. The van der Waals surface area contributed by atoms with Gasteiger partial charge in [-0.2, -0.15) is 13.2 Å². The van der Waals surface area contributed by atoms with E-state index in [1.807, 2.05) is 0 Å². The van der Waals surface area contributed by atoms with Crippen LogP contribution < -0.4 is 5.56 Å². The second-order valence-electron chi connectivity index (χ2n) is 7.52. The van der Waals surface area contributed by atoms with Crippen molar-refractivity contribution in [3.05, 3.63) is 50.6 Å². The third-order valence-electron chi connectivity index (χ3n) is 5.23. The van der Waals surface area contributed by atoms with Gasteiger partial charge in [0.25, 0.3) is 5.56 Å². The molecule has 2 heterocycles. The largest absolute Gasteiger partial charge is 0.418 e. The van der Waals surface area contributed by atoms with E-state index >= 15 is 0 Å². The first-order valence-corrected chi connectivity index (χ1v) is 11.6. The lowest BCUT2D eigenvalue weighted by molar-refractivity contribution is -0.137. The Labute approximate surface area is 184 Å². The van der Waals surface area contributed by atoms with E-state index in [1.54, 1.807) is 14.1 Å². The Balaban J connectivity index is 1.98. The van der Waals surface area contributed by atoms with Crippen LogP contribution in [0.4, 0.5) is 13.2 Å². The van der Waals surface area contributed by atoms with Gasteiger partial charge in [-0.05, 0) is 43.4 Å². The smallest absolute Gasteiger partial charge is 0.348 e. The lowest BCUT2D eigenvalue weighted by Crippen LogP contribution is -2.27. The van der Waals surface area contributed by atoms with Crippen LogP contribution in [0.1, 0.15) is 28.8 Å². The van der Waals surface area contributed by atoms with Crippen LogP contribution in [0.5, 0.6) is 0 Å². The van der Waals surface area contributed by atoms with Crippen molar-refractivity contribution in [1.29, 1.82) is 0 Å². The molecule has 0 radical (unpaired) electrons. The second kappa shape index (κ2) is 8.31. The van der Waals surface area contributed by atoms with Gasteiger partial charge in [-0.1, -0.05) is 23.9 Å². The second-order valence-corrected chi connectivity index (χ2v) is 9.54. The fraction of sp³-hybridized carbons (Fsp3) is 0.381. The molecule has 1 aliphatic carbocycles. The maximum absolute atomic E-state index is 13.7. The molecule has 31 heavy (non-hydrogen) atoms. The van der Waals surface area contributed by atoms with Gasteiger partial charge in [0.05, 0.1) is 22.4 Å². The molecule has 0 atom stereocenters. The fourth-order valence-corrected chi connectivity index (χ4v) is 5.95. The normalized spacial score (nSPS) is 14.0. The molecule has 0 saturated carbocycles. The van der Waals surface area contributed by atoms with Crippen LogP contribution in [0.3, 0.4) is 0 Å². The van der Waals surface area contributed by atoms with E-state index in [9.17, 15) is 22.8 Å². The monoisotopic (exact) mass is 467 g/mol. The zero-order chi connectivity index (χ0) is 22.3. The van der Waals surface area contributed by atoms with Crippen LogP contribution in [0, 0.1) is 0 Å². The zero-order valence-corrected chi connectivity index (χ0v) is 18.6. The van der Waals surface area contributed by atoms with E-state index < -0.39 is 17.3 Å². The van der Waals surface area contributed by atoms with Crippen molar-refractivity contribution in [1.82, 2.24) is 14.5 Å². The molecule has 0 saturated heterocycles. The van der Waals surface area contributed by atoms with Crippen molar-refractivity contribution in [2.24, 2.45) is 0 Å². The van der Waals surface area contributed by atoms with Gasteiger partial charge in [0.2, 0.25) is 5.91 Å². The molecule has 1 aliphatic rings. The van der Waals surface area contributed by atoms with E-state index in [1.165, 1.54) is 34.4 Å². The Morgan fingerprint density at radius 2 is 1.94 bits per heavy atom. The minimum absolute atomic E-state index is 0.0375. The quantitative estimate of drug-likeness (QED) is 0.418. The maximum atomic E-state index is 13.7. The van der Waals surface area contributed by atoms with Crippen molar-refractivity contribution in [2.45, 2.75) is 37.0 Å². The molecule has 0 aliphatic heterocycles. The number of fused-ring (bicyclic) bond motifs is 3. The van der Waals surface area contributed by atoms with Gasteiger partial charge >= 0.3 is 6.18 Å². The zero-order valence-electron chi connectivity index (χ0n) is 17.0. The van der Waals surface area contributed by atoms with Gasteiger partial charge in [0.15, 0.2) is 5.16 Å². The number of halogens is 3. The highest BCUT2D eigenvalue weighted by Crippen LogP contribution is 2.37. The summed E-state index contributed by atoms with van der Waals surface area (Å²) in [7, 11) is 3.19. The molecule has 0 unspecified atom stereocenters. The number of aromatic nitrogens is 2. The van der Waals surface area contributed by atoms with E-state index in [0.29, 0.717) is 10.2 Å². The van der Waals surface area contributed by atoms with Gasteiger partial charge < -0.3 is 4.90 Å². The summed E-state index contributed by atoms with van der Waals surface area (Å²) in [6, 6.07) is 4.98. The van der Waals surface area contributed by atoms with Crippen molar-refractivity contribution < 1.29 is 18.0 Å². The summed E-state index contributed by atoms with van der Waals surface area (Å²) >= 11 is 2.40. The molecule has 0 spiro atoms. The van der Waals surface area contributed by atoms with Crippen LogP contribution in [-0.2, 0) is 23.8 Å². The standard InChI is InChI=1S/C21H20F3N3O2S2/c1-26(2)16(28)11-30-20-25-18-17(12-7-3-6-10-15(12)31-18)19(29)27(20)14-9-5-4-8-13(14)21(22,23)24/h4-5,8-9H,3,6-7,10-11H2,1-2H3. The van der Waals surface area contributed by atoms with Crippen molar-refractivity contribution in [3.63, 3.8) is 0 Å². The summed E-state index contributed by atoms with van der Waals surface area (Å²) < 4.78 is 42.3. The van der Waals surface area contributed by atoms with Crippen molar-refractivity contribution >= 4 is 39.2 Å². The molecule has 164 valence electrons. The SMILES string of the molecule is CN(C)C(=O)CSc1nc2sc3c(c2c(=O)n1-c1ccccc1C(F)(F)F)CCCC3. The number of nitrogens with zero attached hydrogens (tertiary/aromatic N) is 3. The van der Waals surface area contributed by atoms with Crippen LogP contribution >= 0.6 is 23.1 Å². The molecule has 0 fully saturated rings. The molecule has 0 N–H and O–H groups in total. The van der Waals surface area contributed by atoms with Gasteiger partial charge in [0.1, 0.15) is 4.83 Å². The molecule has 1 aromatic carbocycles. The molecule has 5 nitrogen and oxygen atoms in total. The van der Waals surface area contributed by atoms with Gasteiger partial charge in [-0.3, -0.25) is 14.2 Å². The third-order valence-corrected chi connectivity index (χ3v) is 7.34. The molecular weight excluding hydrogens is 447 g/mol. The Morgan fingerprint density at radius 1 is 1.23 bits per heavy atom. The first-order valence-electron chi connectivity index (χ1n) is 9.75. The van der Waals surface area contributed by atoms with Crippen LogP contribution in [-0.4, -0.2) is 40.2 Å². The topological polar surface area (TPSA) is 55.2 Å². The number of rotatable bonds is 4. The van der Waals surface area contributed by atoms with Crippen molar-refractivity contribution in [2.75, 3.05) is 19.8 Å². The van der Waals surface area contributed by atoms with Gasteiger partial charge in [-0.15, -0.1) is 11.3 Å². The number of benzene rings is 1. The predicted octanol–water partition coefficient (Wildman–Crippen LogP) is 4.53. The summed E-state index contributed by atoms with van der Waals surface area (Å²) in [6.07, 6.45) is -1.12. The predicted molar refractivity (Wildman–Crippen MR) is 116 cm³/mol. The summed E-state index contributed by atoms with van der Waals surface area (Å²) in [5, 5.41) is 0.489. The van der Waals surface area contributed by atoms with Crippen LogP contribution in [0.25, 0.3) is 15.9 Å². The summed E-state index contributed by atoms with van der Waals surface area (Å²) in [5.41, 5.74) is -0.795. The Kier molecular flexibility index (Phi) is 5.87. The lowest BCUT2D eigenvalue weighted by atomic mass is 9.97. The van der Waals surface area contributed by atoms with E-state index in [4.69, 9.17) is 0 Å². The highest BCUT2D eigenvalue weighted by atomic mass is 32.2. The number of hydrogen-bond acceptors (Lipinski definition) is 5. The molecule has 3 aromatic rings. The van der Waals surface area contributed by atoms with E-state index in [-0.39, 0.29) is 22.5 Å². The average Bonchev–Trinajstić information content (AvgIpc) is 3.10. The molecule has 1 amide bonds. The lowest BCUT2D eigenvalue weighted by Gasteiger charge is -2.18. The summed E-state index contributed by atoms with van der Waals surface area (Å²) in [4.78, 5) is 33.3. The van der Waals surface area contributed by atoms with Gasteiger partial charge in [-0.25, -0.2) is 4.98 Å². The number of amides is 1. The molecule has 0 bridgehead atoms. The highest BCUT2D eigenvalue weighted by molar-refractivity contribution is 7.99. The number of thiophene rings is 1. The Hall–Kier alpha value is -2.33. The maximum Gasteiger partial charge on any atom is 0.418 e. The number of hydrogen-bond donors (Lipinski definition) is 0. The van der Waals surface area contributed by atoms with E-state index in [2.05, 4.69) is 4.98 Å². The van der Waals surface area contributed by atoms with Crippen LogP contribution in [0.15, 0.2) is 34.2 Å². The number of para-hydroxylation sites is 1. The minimum Gasteiger partial charge on any atom is -0.348 e. The molecule has 4 rings (SSSR count). The Morgan fingerprint density at radius 3 is 2.65 bits per heavy atom. The van der Waals surface area contributed by atoms with Crippen molar-refractivity contribution in [3.8, 4) is 5.69 Å². The summed E-state index contributed by atoms with van der Waals surface area (Å²) in [6.45, 7) is 0. The van der Waals surface area contributed by atoms with Crippen LogP contribution in [0.2, 0.25) is 0 Å². The fourth-order valence-electron chi connectivity index (χ4n) is 3.66. The number of aryl methyl sites for hydroxylation is 2. The molecule has 2 aromatic heterocycles. The third kappa shape index (κ3) is 4.10. The highest BCUT2D eigenvalue weighted by Gasteiger charge is 2.35. The average molecular weight is 468 g/mol. The Bertz CT molecular complexity index is 1220. The number of thioether (sulfide) groups is 1. The first-order chi connectivity index (χ1) is 14.7. The summed E-state index contributed by atoms with van der Waals surface area (Å²) in [5.74, 6) is -0.259. The first kappa shape index (κ1) is 21.9.